The van der Waals surface area contributed by atoms with E-state index in [4.69, 9.17) is 0 Å². The zero-order chi connectivity index (χ0) is 10.0. The second-order valence-corrected chi connectivity index (χ2v) is 4.87. The summed E-state index contributed by atoms with van der Waals surface area (Å²) in [6.45, 7) is 1.67. The van der Waals surface area contributed by atoms with Crippen LogP contribution >= 0.6 is 0 Å². The largest absolute Gasteiger partial charge is 0.481 e. The van der Waals surface area contributed by atoms with Crippen LogP contribution in [0.15, 0.2) is 0 Å². The van der Waals surface area contributed by atoms with Gasteiger partial charge >= 0.3 is 5.97 Å². The van der Waals surface area contributed by atoms with Crippen LogP contribution in [0.4, 0.5) is 0 Å². The summed E-state index contributed by atoms with van der Waals surface area (Å²) in [5, 5.41) is 12.5. The van der Waals surface area contributed by atoms with Gasteiger partial charge in [-0.15, -0.1) is 0 Å². The average Bonchev–Trinajstić information content (AvgIpc) is 2.13. The molecule has 1 aliphatic carbocycles. The third kappa shape index (κ3) is 1.78. The number of hydrogen-bond donors (Lipinski definition) is 2. The molecule has 0 amide bonds. The highest BCUT2D eigenvalue weighted by molar-refractivity contribution is 5.75. The van der Waals surface area contributed by atoms with Gasteiger partial charge in [0.2, 0.25) is 0 Å². The Hall–Kier alpha value is -0.570. The molecule has 1 heterocycles. The molecule has 1 unspecified atom stereocenters. The maximum Gasteiger partial charge on any atom is 0.310 e. The molecule has 1 saturated carbocycles. The highest BCUT2D eigenvalue weighted by Gasteiger charge is 2.42. The standard InChI is InChI=1S/C11H19NO2/c13-10(14)11(5-2-6-12-8-11)7-9-3-1-4-9/h9,12H,1-8H2,(H,13,14). The molecule has 0 aromatic carbocycles. The highest BCUT2D eigenvalue weighted by Crippen LogP contribution is 2.41. The normalized spacial score (nSPS) is 33.7. The van der Waals surface area contributed by atoms with Gasteiger partial charge in [0.05, 0.1) is 5.41 Å². The van der Waals surface area contributed by atoms with Crippen molar-refractivity contribution < 1.29 is 9.90 Å². The number of piperidine rings is 1. The first-order valence-electron chi connectivity index (χ1n) is 5.67. The molecule has 0 bridgehead atoms. The molecule has 2 aliphatic rings. The van der Waals surface area contributed by atoms with E-state index in [1.54, 1.807) is 0 Å². The zero-order valence-corrected chi connectivity index (χ0v) is 8.59. The lowest BCUT2D eigenvalue weighted by Gasteiger charge is -2.39. The molecule has 0 aromatic rings. The number of aliphatic carboxylic acids is 1. The third-order valence-corrected chi connectivity index (χ3v) is 3.83. The lowest BCUT2D eigenvalue weighted by atomic mass is 9.68. The number of rotatable bonds is 3. The Morgan fingerprint density at radius 1 is 1.43 bits per heavy atom. The van der Waals surface area contributed by atoms with Gasteiger partial charge in [-0.1, -0.05) is 19.3 Å². The minimum absolute atomic E-state index is 0.441. The Balaban J connectivity index is 2.00. The number of carboxylic acid groups (broad SMARTS) is 1. The van der Waals surface area contributed by atoms with Crippen molar-refractivity contribution in [2.24, 2.45) is 11.3 Å². The fraction of sp³-hybridized carbons (Fsp3) is 0.909. The Morgan fingerprint density at radius 3 is 2.64 bits per heavy atom. The van der Waals surface area contributed by atoms with Gasteiger partial charge in [0, 0.05) is 6.54 Å². The minimum Gasteiger partial charge on any atom is -0.481 e. The zero-order valence-electron chi connectivity index (χ0n) is 8.59. The SMILES string of the molecule is O=C(O)C1(CC2CCC2)CCCNC1. The summed E-state index contributed by atoms with van der Waals surface area (Å²) in [5.41, 5.74) is -0.441. The van der Waals surface area contributed by atoms with Gasteiger partial charge in [-0.3, -0.25) is 4.79 Å². The van der Waals surface area contributed by atoms with Crippen molar-refractivity contribution in [3.05, 3.63) is 0 Å². The van der Waals surface area contributed by atoms with Crippen molar-refractivity contribution in [1.29, 1.82) is 0 Å². The van der Waals surface area contributed by atoms with Gasteiger partial charge in [-0.25, -0.2) is 0 Å². The molecular formula is C11H19NO2. The first-order chi connectivity index (χ1) is 6.73. The van der Waals surface area contributed by atoms with Gasteiger partial charge in [0.25, 0.3) is 0 Å². The van der Waals surface area contributed by atoms with E-state index in [9.17, 15) is 9.90 Å². The molecule has 14 heavy (non-hydrogen) atoms. The second-order valence-electron chi connectivity index (χ2n) is 4.87. The topological polar surface area (TPSA) is 49.3 Å². The molecular weight excluding hydrogens is 178 g/mol. The molecule has 0 aromatic heterocycles. The van der Waals surface area contributed by atoms with Crippen LogP contribution < -0.4 is 5.32 Å². The number of hydrogen-bond acceptors (Lipinski definition) is 2. The van der Waals surface area contributed by atoms with Crippen LogP contribution in [-0.4, -0.2) is 24.2 Å². The van der Waals surface area contributed by atoms with Crippen LogP contribution in [0.3, 0.4) is 0 Å². The fourth-order valence-electron chi connectivity index (χ4n) is 2.66. The van der Waals surface area contributed by atoms with Gasteiger partial charge in [-0.05, 0) is 31.7 Å². The summed E-state index contributed by atoms with van der Waals surface area (Å²) in [5.74, 6) is 0.0996. The molecule has 3 heteroatoms. The molecule has 1 aliphatic heterocycles. The summed E-state index contributed by atoms with van der Waals surface area (Å²) in [7, 11) is 0. The van der Waals surface area contributed by atoms with Crippen LogP contribution in [-0.2, 0) is 4.79 Å². The van der Waals surface area contributed by atoms with Crippen LogP contribution in [0.2, 0.25) is 0 Å². The fourth-order valence-corrected chi connectivity index (χ4v) is 2.66. The van der Waals surface area contributed by atoms with Gasteiger partial charge in [-0.2, -0.15) is 0 Å². The van der Waals surface area contributed by atoms with Crippen molar-refractivity contribution in [2.45, 2.75) is 38.5 Å². The van der Waals surface area contributed by atoms with Gasteiger partial charge in [0.1, 0.15) is 0 Å². The van der Waals surface area contributed by atoms with Crippen LogP contribution in [0.25, 0.3) is 0 Å². The van der Waals surface area contributed by atoms with E-state index in [0.29, 0.717) is 12.5 Å². The van der Waals surface area contributed by atoms with Crippen LogP contribution in [0, 0.1) is 11.3 Å². The summed E-state index contributed by atoms with van der Waals surface area (Å²) >= 11 is 0. The lowest BCUT2D eigenvalue weighted by Crippen LogP contribution is -2.47. The smallest absolute Gasteiger partial charge is 0.310 e. The molecule has 2 rings (SSSR count). The third-order valence-electron chi connectivity index (χ3n) is 3.83. The van der Waals surface area contributed by atoms with E-state index < -0.39 is 11.4 Å². The summed E-state index contributed by atoms with van der Waals surface area (Å²) < 4.78 is 0. The minimum atomic E-state index is -0.586. The van der Waals surface area contributed by atoms with Crippen molar-refractivity contribution in [3.63, 3.8) is 0 Å². The van der Waals surface area contributed by atoms with E-state index in [2.05, 4.69) is 5.32 Å². The van der Waals surface area contributed by atoms with E-state index in [0.717, 1.165) is 25.8 Å². The Bertz CT molecular complexity index is 217. The van der Waals surface area contributed by atoms with Crippen molar-refractivity contribution in [3.8, 4) is 0 Å². The van der Waals surface area contributed by atoms with Crippen LogP contribution in [0.5, 0.6) is 0 Å². The molecule has 80 valence electrons. The lowest BCUT2D eigenvalue weighted by molar-refractivity contribution is -0.151. The number of nitrogens with one attached hydrogen (secondary N) is 1. The van der Waals surface area contributed by atoms with Crippen molar-refractivity contribution in [1.82, 2.24) is 5.32 Å². The van der Waals surface area contributed by atoms with E-state index >= 15 is 0 Å². The van der Waals surface area contributed by atoms with Crippen molar-refractivity contribution in [2.75, 3.05) is 13.1 Å². The summed E-state index contributed by atoms with van der Waals surface area (Å²) in [6.07, 6.45) is 6.57. The number of carboxylic acids is 1. The van der Waals surface area contributed by atoms with E-state index in [-0.39, 0.29) is 0 Å². The average molecular weight is 197 g/mol. The van der Waals surface area contributed by atoms with Crippen molar-refractivity contribution >= 4 is 5.97 Å². The first-order valence-corrected chi connectivity index (χ1v) is 5.67. The maximum atomic E-state index is 11.3. The predicted molar refractivity (Wildman–Crippen MR) is 54.1 cm³/mol. The predicted octanol–water partition coefficient (Wildman–Crippen LogP) is 1.63. The van der Waals surface area contributed by atoms with E-state index in [1.165, 1.54) is 19.3 Å². The van der Waals surface area contributed by atoms with Gasteiger partial charge in [0.15, 0.2) is 0 Å². The molecule has 2 fully saturated rings. The Kier molecular flexibility index (Phi) is 2.77. The molecule has 3 nitrogen and oxygen atoms in total. The highest BCUT2D eigenvalue weighted by atomic mass is 16.4. The molecule has 1 atom stereocenters. The first kappa shape index (κ1) is 9.97. The molecule has 0 radical (unpaired) electrons. The Morgan fingerprint density at radius 2 is 2.21 bits per heavy atom. The summed E-state index contributed by atoms with van der Waals surface area (Å²) in [6, 6.07) is 0. The van der Waals surface area contributed by atoms with Crippen LogP contribution in [0.1, 0.15) is 38.5 Å². The maximum absolute atomic E-state index is 11.3. The monoisotopic (exact) mass is 197 g/mol. The summed E-state index contributed by atoms with van der Waals surface area (Å²) in [4.78, 5) is 11.3. The number of carbonyl (C=O) groups is 1. The van der Waals surface area contributed by atoms with Gasteiger partial charge < -0.3 is 10.4 Å². The molecule has 0 spiro atoms. The quantitative estimate of drug-likeness (QED) is 0.723. The molecule has 1 saturated heterocycles. The molecule has 2 N–H and O–H groups in total. The van der Waals surface area contributed by atoms with E-state index in [1.807, 2.05) is 0 Å². The second kappa shape index (κ2) is 3.89. The Labute approximate surface area is 84.9 Å².